The molecule has 3 saturated heterocycles. The van der Waals surface area contributed by atoms with Gasteiger partial charge in [-0.15, -0.1) is 0 Å². The maximum Gasteiger partial charge on any atom is 0.407 e. The highest BCUT2D eigenvalue weighted by Gasteiger charge is 3.01. The molecule has 2 spiro atoms. The van der Waals surface area contributed by atoms with Crippen LogP contribution in [0.2, 0.25) is 0 Å². The van der Waals surface area contributed by atoms with E-state index in [1.54, 1.807) is 0 Å². The van der Waals surface area contributed by atoms with Crippen molar-refractivity contribution in [2.24, 2.45) is 57.2 Å². The Balaban J connectivity index is 0.698. The first kappa shape index (κ1) is 48.7. The van der Waals surface area contributed by atoms with Gasteiger partial charge >= 0.3 is 12.1 Å². The molecule has 0 bridgehead atoms. The number of ether oxygens (including phenoxy) is 6. The molecule has 388 valence electrons. The molecule has 4 aliphatic heterocycles. The van der Waals surface area contributed by atoms with Gasteiger partial charge in [0.2, 0.25) is 0 Å². The Bertz CT molecular complexity index is 2410. The number of amides is 1. The summed E-state index contributed by atoms with van der Waals surface area (Å²) in [4.78, 5) is 28.5. The minimum Gasteiger partial charge on any atom is -0.490 e. The Morgan fingerprint density at radius 3 is 2.45 bits per heavy atom. The molecule has 4 heterocycles. The Morgan fingerprint density at radius 2 is 1.69 bits per heavy atom. The Labute approximate surface area is 422 Å². The second-order valence-corrected chi connectivity index (χ2v) is 27.2. The normalized spacial score (nSPS) is 48.6. The molecule has 1 amide bonds. The van der Waals surface area contributed by atoms with Crippen LogP contribution >= 0.6 is 0 Å². The van der Waals surface area contributed by atoms with Gasteiger partial charge in [0.25, 0.3) is 0 Å². The van der Waals surface area contributed by atoms with Crippen molar-refractivity contribution < 1.29 is 48.2 Å². The molecule has 0 aromatic rings. The minimum atomic E-state index is -0.799. The lowest BCUT2D eigenvalue weighted by Gasteiger charge is -2.54. The fraction of sp³-hybridized carbons (Fsp3) is 0.767. The van der Waals surface area contributed by atoms with E-state index in [0.29, 0.717) is 55.1 Å². The Kier molecular flexibility index (Phi) is 11.2. The third-order valence-corrected chi connectivity index (χ3v) is 21.7. The van der Waals surface area contributed by atoms with Crippen LogP contribution in [0.3, 0.4) is 0 Å². The molecule has 12 rings (SSSR count). The van der Waals surface area contributed by atoms with Crippen molar-refractivity contribution in [3.05, 3.63) is 71.1 Å². The maximum atomic E-state index is 14.7. The average Bonchev–Trinajstić information content (AvgIpc) is 4.13. The number of hydrogen-bond donors (Lipinski definition) is 3. The van der Waals surface area contributed by atoms with Crippen LogP contribution in [-0.4, -0.2) is 94.5 Å². The summed E-state index contributed by atoms with van der Waals surface area (Å²) in [5.74, 6) is 2.83. The molecular weight excluding hydrogens is 895 g/mol. The summed E-state index contributed by atoms with van der Waals surface area (Å²) >= 11 is 0. The van der Waals surface area contributed by atoms with E-state index in [4.69, 9.17) is 28.4 Å². The number of epoxide rings is 3. The molecule has 10 fully saturated rings. The summed E-state index contributed by atoms with van der Waals surface area (Å²) < 4.78 is 39.7. The second-order valence-electron chi connectivity index (χ2n) is 27.2. The largest absolute Gasteiger partial charge is 0.490 e. The van der Waals surface area contributed by atoms with Crippen molar-refractivity contribution in [2.45, 2.75) is 224 Å². The molecule has 8 aliphatic carbocycles. The quantitative estimate of drug-likeness (QED) is 0.104. The van der Waals surface area contributed by atoms with Gasteiger partial charge < -0.3 is 44.0 Å². The zero-order chi connectivity index (χ0) is 50.0. The predicted octanol–water partition coefficient (Wildman–Crippen LogP) is 10.5. The summed E-state index contributed by atoms with van der Waals surface area (Å²) in [6.45, 7) is 27.2. The molecule has 5 unspecified atom stereocenters. The number of carbonyl (C=O) groups excluding carboxylic acids is 2. The predicted molar refractivity (Wildman–Crippen MR) is 268 cm³/mol. The Hall–Kier alpha value is -3.22. The number of aliphatic hydroxyl groups is 2. The van der Waals surface area contributed by atoms with Crippen molar-refractivity contribution >= 4 is 12.1 Å². The molecule has 0 aromatic heterocycles. The van der Waals surface area contributed by atoms with Crippen LogP contribution in [-0.2, 0) is 33.2 Å². The van der Waals surface area contributed by atoms with E-state index in [9.17, 15) is 19.8 Å². The van der Waals surface area contributed by atoms with Crippen LogP contribution in [0.5, 0.6) is 0 Å². The fourth-order valence-electron chi connectivity index (χ4n) is 18.4. The van der Waals surface area contributed by atoms with Crippen molar-refractivity contribution in [2.75, 3.05) is 6.61 Å². The van der Waals surface area contributed by atoms with Gasteiger partial charge in [-0.1, -0.05) is 98.4 Å². The highest BCUT2D eigenvalue weighted by Crippen LogP contribution is 2.83. The highest BCUT2D eigenvalue weighted by atomic mass is 16.8. The van der Waals surface area contributed by atoms with Crippen molar-refractivity contribution in [3.8, 4) is 0 Å². The lowest BCUT2D eigenvalue weighted by molar-refractivity contribution is -0.172. The molecule has 12 aliphatic rings. The maximum absolute atomic E-state index is 14.7. The molecule has 0 radical (unpaired) electrons. The van der Waals surface area contributed by atoms with Gasteiger partial charge in [-0.25, -0.2) is 4.79 Å². The van der Waals surface area contributed by atoms with E-state index < -0.39 is 46.6 Å². The van der Waals surface area contributed by atoms with Crippen LogP contribution in [0.15, 0.2) is 71.1 Å². The summed E-state index contributed by atoms with van der Waals surface area (Å²) in [6, 6.07) is -0.215. The van der Waals surface area contributed by atoms with E-state index in [0.717, 1.165) is 69.1 Å². The summed E-state index contributed by atoms with van der Waals surface area (Å²) in [7, 11) is 0. The molecule has 3 N–H and O–H groups in total. The zero-order valence-corrected chi connectivity index (χ0v) is 44.0. The molecule has 18 atom stereocenters. The summed E-state index contributed by atoms with van der Waals surface area (Å²) in [6.07, 6.45) is 19.6. The molecule has 11 nitrogen and oxygen atoms in total. The first-order chi connectivity index (χ1) is 33.6. The smallest absolute Gasteiger partial charge is 0.407 e. The number of esters is 1. The monoisotopic (exact) mass is 978 g/mol. The van der Waals surface area contributed by atoms with Gasteiger partial charge in [0.15, 0.2) is 11.7 Å². The minimum absolute atomic E-state index is 0.0869. The average molecular weight is 978 g/mol. The van der Waals surface area contributed by atoms with E-state index in [1.165, 1.54) is 36.0 Å². The molecule has 11 heteroatoms. The van der Waals surface area contributed by atoms with Crippen LogP contribution in [0.25, 0.3) is 0 Å². The van der Waals surface area contributed by atoms with E-state index in [1.807, 2.05) is 0 Å². The van der Waals surface area contributed by atoms with E-state index in [-0.39, 0.29) is 70.9 Å². The van der Waals surface area contributed by atoms with Crippen molar-refractivity contribution in [1.29, 1.82) is 0 Å². The number of allylic oxidation sites excluding steroid dienone is 5. The number of nitrogens with one attached hydrogen (secondary N) is 1. The molecule has 0 aromatic carbocycles. The van der Waals surface area contributed by atoms with Crippen molar-refractivity contribution in [3.63, 3.8) is 0 Å². The van der Waals surface area contributed by atoms with Crippen LogP contribution in [0.4, 0.5) is 4.79 Å². The fourth-order valence-corrected chi connectivity index (χ4v) is 18.4. The number of alkyl carbamates (subject to hydrolysis) is 1. The summed E-state index contributed by atoms with van der Waals surface area (Å²) in [5, 5.41) is 25.0. The first-order valence-corrected chi connectivity index (χ1v) is 28.0. The van der Waals surface area contributed by atoms with Gasteiger partial charge in [0.05, 0.1) is 24.7 Å². The number of aliphatic hydroxyl groups excluding tert-OH is 2. The van der Waals surface area contributed by atoms with Crippen LogP contribution in [0.1, 0.15) is 158 Å². The molecule has 7 saturated carbocycles. The highest BCUT2D eigenvalue weighted by molar-refractivity contribution is 5.72. The van der Waals surface area contributed by atoms with Gasteiger partial charge in [0.1, 0.15) is 41.9 Å². The summed E-state index contributed by atoms with van der Waals surface area (Å²) in [5.41, 5.74) is 3.07. The Morgan fingerprint density at radius 1 is 0.901 bits per heavy atom. The topological polar surface area (TPSA) is 152 Å². The SMILES string of the molecule is C=C1OCC2=C1CC[C@@]1(C)[C@H]2C[C@@H]2O[C@@]23[C@H](OC(=O)CC2(C)CC(NC(=O)O[C@@H]4C/C(=C/C=C5\CCC[C@@]6(C)C5CCC6[C@@H](C)/C=C/C(O)C5CC5)C(=C)[C@@H](O)C4)CC(C)(C)C2)[C@@]2(C(C)C)O[C@H]2[C@@H]2O[C@@]231. The van der Waals surface area contributed by atoms with Gasteiger partial charge in [-0.05, 0) is 158 Å². The third kappa shape index (κ3) is 7.39. The standard InChI is InChI=1S/C60H83NO10/c1-32(2)58-50(70-58)51-60(71-51)57(10)23-21-41-35(5)66-30-42(41)45(57)26-48-59(60,69-48)52(58)68-49(64)29-55(8)28-39(27-54(6,7)31-55)61-53(65)67-40-24-38(34(4)47(63)25-40)17-14-36-12-11-22-56(9)43(18-19-44(36)56)33(3)13-20-46(62)37-15-16-37/h13-14,17,20,32-33,37,39-40,43-48,50-52,62-63H,4-5,11-12,15-16,18-19,21-31H2,1-3,6-10H3,(H,61,65)/b20-13+,36-14+,38-17-/t33-,39?,40+,43?,44?,45-,46?,47-,48-,50-,51-,52+,55?,56+,57-,58-,59+,60+/m0/s1. The number of fused-ring (bicyclic) bond motifs is 5. The van der Waals surface area contributed by atoms with Gasteiger partial charge in [-0.3, -0.25) is 4.79 Å². The van der Waals surface area contributed by atoms with Gasteiger partial charge in [0, 0.05) is 24.3 Å². The van der Waals surface area contributed by atoms with E-state index in [2.05, 4.69) is 98.2 Å². The molecule has 71 heavy (non-hydrogen) atoms. The lowest BCUT2D eigenvalue weighted by atomic mass is 9.46. The molecular formula is C60H83NO10. The second kappa shape index (κ2) is 16.4. The van der Waals surface area contributed by atoms with Crippen LogP contribution < -0.4 is 5.32 Å². The lowest BCUT2D eigenvalue weighted by Crippen LogP contribution is -2.70. The van der Waals surface area contributed by atoms with Crippen molar-refractivity contribution in [1.82, 2.24) is 5.32 Å². The first-order valence-electron chi connectivity index (χ1n) is 28.0. The van der Waals surface area contributed by atoms with Crippen LogP contribution in [0, 0.1) is 57.2 Å². The zero-order valence-electron chi connectivity index (χ0n) is 44.0. The number of carbonyl (C=O) groups is 2. The third-order valence-electron chi connectivity index (χ3n) is 21.7. The van der Waals surface area contributed by atoms with Gasteiger partial charge in [-0.2, -0.15) is 0 Å². The number of rotatable bonds is 11. The van der Waals surface area contributed by atoms with E-state index >= 15 is 0 Å². The number of hydrogen-bond acceptors (Lipinski definition) is 10.